The van der Waals surface area contributed by atoms with Gasteiger partial charge in [0.05, 0.1) is 11.8 Å². The van der Waals surface area contributed by atoms with Gasteiger partial charge in [-0.2, -0.15) is 0 Å². The van der Waals surface area contributed by atoms with Gasteiger partial charge in [0.15, 0.2) is 4.96 Å². The van der Waals surface area contributed by atoms with Crippen LogP contribution in [-0.4, -0.2) is 19.5 Å². The van der Waals surface area contributed by atoms with E-state index in [1.807, 2.05) is 34.3 Å². The lowest BCUT2D eigenvalue weighted by atomic mass is 10.1. The van der Waals surface area contributed by atoms with E-state index in [-0.39, 0.29) is 0 Å². The molecule has 1 N–H and O–H groups in total. The molecule has 3 rings (SSSR count). The first-order valence-electron chi connectivity index (χ1n) is 5.32. The van der Waals surface area contributed by atoms with Crippen molar-refractivity contribution in [1.29, 1.82) is 0 Å². The summed E-state index contributed by atoms with van der Waals surface area (Å²) in [7, 11) is 0. The summed E-state index contributed by atoms with van der Waals surface area (Å²) in [6.07, 6.45) is 7.29. The number of hydrogen-bond acceptors (Lipinski definition) is 4. The van der Waals surface area contributed by atoms with Crippen molar-refractivity contribution in [2.75, 3.05) is 0 Å². The summed E-state index contributed by atoms with van der Waals surface area (Å²) >= 11 is 1.59. The Hall–Kier alpha value is -1.72. The van der Waals surface area contributed by atoms with Crippen LogP contribution >= 0.6 is 11.3 Å². The maximum Gasteiger partial charge on any atom is 0.193 e. The van der Waals surface area contributed by atoms with E-state index in [4.69, 9.17) is 0 Å². The molecule has 0 spiro atoms. The van der Waals surface area contributed by atoms with E-state index in [0.717, 1.165) is 16.2 Å². The van der Waals surface area contributed by atoms with E-state index in [9.17, 15) is 5.11 Å². The lowest BCUT2D eigenvalue weighted by Crippen LogP contribution is -2.01. The number of imidazole rings is 1. The molecular formula is C12H11N3OS. The zero-order valence-corrected chi connectivity index (χ0v) is 9.84. The highest BCUT2D eigenvalue weighted by molar-refractivity contribution is 7.15. The highest BCUT2D eigenvalue weighted by Crippen LogP contribution is 2.18. The molecule has 0 saturated carbocycles. The largest absolute Gasteiger partial charge is 0.388 e. The van der Waals surface area contributed by atoms with Crippen molar-refractivity contribution in [2.24, 2.45) is 0 Å². The van der Waals surface area contributed by atoms with E-state index < -0.39 is 6.10 Å². The molecule has 1 atom stereocenters. The van der Waals surface area contributed by atoms with Gasteiger partial charge < -0.3 is 5.11 Å². The third kappa shape index (κ3) is 2.07. The number of rotatable bonds is 3. The zero-order valence-electron chi connectivity index (χ0n) is 9.02. The molecule has 5 heteroatoms. The molecule has 4 nitrogen and oxygen atoms in total. The first kappa shape index (κ1) is 10.4. The summed E-state index contributed by atoms with van der Waals surface area (Å²) < 4.78 is 1.97. The average molecular weight is 245 g/mol. The highest BCUT2D eigenvalue weighted by atomic mass is 32.1. The summed E-state index contributed by atoms with van der Waals surface area (Å²) in [5.74, 6) is 0. The van der Waals surface area contributed by atoms with Gasteiger partial charge in [-0.15, -0.1) is 11.3 Å². The predicted octanol–water partition coefficient (Wildman–Crippen LogP) is 2.07. The summed E-state index contributed by atoms with van der Waals surface area (Å²) in [5, 5.41) is 12.1. The van der Waals surface area contributed by atoms with Gasteiger partial charge in [0.25, 0.3) is 0 Å². The lowest BCUT2D eigenvalue weighted by molar-refractivity contribution is 0.177. The second-order valence-electron chi connectivity index (χ2n) is 3.83. The Morgan fingerprint density at radius 1 is 1.35 bits per heavy atom. The molecule has 3 heterocycles. The van der Waals surface area contributed by atoms with Gasteiger partial charge in [-0.3, -0.25) is 9.38 Å². The zero-order chi connectivity index (χ0) is 11.7. The van der Waals surface area contributed by atoms with Gasteiger partial charge in [0.1, 0.15) is 0 Å². The van der Waals surface area contributed by atoms with Crippen molar-refractivity contribution in [3.63, 3.8) is 0 Å². The molecule has 0 saturated heterocycles. The molecule has 0 bridgehead atoms. The van der Waals surface area contributed by atoms with Crippen LogP contribution in [0.3, 0.4) is 0 Å². The number of hydrogen-bond donors (Lipinski definition) is 1. The van der Waals surface area contributed by atoms with Crippen molar-refractivity contribution in [3.8, 4) is 0 Å². The molecule has 17 heavy (non-hydrogen) atoms. The molecule has 0 fully saturated rings. The fourth-order valence-corrected chi connectivity index (χ4v) is 2.49. The molecule has 0 aliphatic heterocycles. The monoisotopic (exact) mass is 245 g/mol. The number of fused-ring (bicyclic) bond motifs is 1. The minimum absolute atomic E-state index is 0.525. The molecule has 0 amide bonds. The second kappa shape index (κ2) is 4.27. The number of aliphatic hydroxyl groups is 1. The summed E-state index contributed by atoms with van der Waals surface area (Å²) in [6, 6.07) is 3.65. The van der Waals surface area contributed by atoms with Crippen LogP contribution in [0.15, 0.2) is 42.3 Å². The lowest BCUT2D eigenvalue weighted by Gasteiger charge is -2.08. The van der Waals surface area contributed by atoms with Gasteiger partial charge in [-0.1, -0.05) is 0 Å². The van der Waals surface area contributed by atoms with Gasteiger partial charge in [0.2, 0.25) is 0 Å². The van der Waals surface area contributed by atoms with Gasteiger partial charge in [-0.05, 0) is 17.7 Å². The van der Waals surface area contributed by atoms with Crippen LogP contribution < -0.4 is 0 Å². The molecule has 3 aromatic rings. The Labute approximate surface area is 102 Å². The van der Waals surface area contributed by atoms with E-state index in [0.29, 0.717) is 6.42 Å². The van der Waals surface area contributed by atoms with Gasteiger partial charge in [-0.25, -0.2) is 4.98 Å². The third-order valence-electron chi connectivity index (χ3n) is 2.64. The molecule has 1 unspecified atom stereocenters. The first-order valence-corrected chi connectivity index (χ1v) is 6.20. The number of thiazole rings is 1. The summed E-state index contributed by atoms with van der Waals surface area (Å²) in [5.41, 5.74) is 1.78. The van der Waals surface area contributed by atoms with Crippen LogP contribution in [0.25, 0.3) is 4.96 Å². The van der Waals surface area contributed by atoms with E-state index in [1.165, 1.54) is 0 Å². The van der Waals surface area contributed by atoms with Crippen LogP contribution in [0.1, 0.15) is 17.4 Å². The average Bonchev–Trinajstić information content (AvgIpc) is 2.90. The van der Waals surface area contributed by atoms with Crippen LogP contribution in [0, 0.1) is 0 Å². The van der Waals surface area contributed by atoms with Crippen molar-refractivity contribution in [3.05, 3.63) is 53.6 Å². The van der Waals surface area contributed by atoms with Crippen LogP contribution in [0.5, 0.6) is 0 Å². The quantitative estimate of drug-likeness (QED) is 0.768. The molecule has 3 aromatic heterocycles. The number of nitrogens with zero attached hydrogens (tertiary/aromatic N) is 3. The molecular weight excluding hydrogens is 234 g/mol. The van der Waals surface area contributed by atoms with E-state index in [1.54, 1.807) is 23.7 Å². The third-order valence-corrected chi connectivity index (χ3v) is 3.41. The van der Waals surface area contributed by atoms with E-state index >= 15 is 0 Å². The van der Waals surface area contributed by atoms with Crippen molar-refractivity contribution < 1.29 is 5.11 Å². The predicted molar refractivity (Wildman–Crippen MR) is 66.0 cm³/mol. The van der Waals surface area contributed by atoms with Crippen LogP contribution in [0.4, 0.5) is 0 Å². The molecule has 86 valence electrons. The Kier molecular flexibility index (Phi) is 2.62. The summed E-state index contributed by atoms with van der Waals surface area (Å²) in [4.78, 5) is 9.34. The Morgan fingerprint density at radius 3 is 2.94 bits per heavy atom. The maximum absolute atomic E-state index is 10.1. The fourth-order valence-electron chi connectivity index (χ4n) is 1.78. The molecule has 0 radical (unpaired) electrons. The van der Waals surface area contributed by atoms with Crippen LogP contribution in [-0.2, 0) is 6.42 Å². The van der Waals surface area contributed by atoms with Gasteiger partial charge in [0, 0.05) is 36.6 Å². The van der Waals surface area contributed by atoms with E-state index in [2.05, 4.69) is 9.97 Å². The molecule has 0 aliphatic rings. The smallest absolute Gasteiger partial charge is 0.193 e. The second-order valence-corrected chi connectivity index (χ2v) is 4.70. The van der Waals surface area contributed by atoms with Crippen molar-refractivity contribution in [2.45, 2.75) is 12.5 Å². The topological polar surface area (TPSA) is 50.4 Å². The SMILES string of the molecule is OC(Cc1cn2ccsc2n1)c1ccncc1. The van der Waals surface area contributed by atoms with Crippen molar-refractivity contribution >= 4 is 16.3 Å². The number of pyridine rings is 1. The Bertz CT molecular complexity index is 588. The highest BCUT2D eigenvalue weighted by Gasteiger charge is 2.11. The van der Waals surface area contributed by atoms with Crippen molar-refractivity contribution in [1.82, 2.24) is 14.4 Å². The summed E-state index contributed by atoms with van der Waals surface area (Å²) in [6.45, 7) is 0. The fraction of sp³-hybridized carbons (Fsp3) is 0.167. The van der Waals surface area contributed by atoms with Crippen LogP contribution in [0.2, 0.25) is 0 Å². The van der Waals surface area contributed by atoms with Gasteiger partial charge >= 0.3 is 0 Å². The standard InChI is InChI=1S/C12H11N3OS/c16-11(9-1-3-13-4-2-9)7-10-8-15-5-6-17-12(15)14-10/h1-6,8,11,16H,7H2. The minimum Gasteiger partial charge on any atom is -0.388 e. The first-order chi connectivity index (χ1) is 8.33. The number of aliphatic hydroxyl groups excluding tert-OH is 1. The minimum atomic E-state index is -0.525. The molecule has 0 aliphatic carbocycles. The molecule has 0 aromatic carbocycles. The number of aromatic nitrogens is 3. The Balaban J connectivity index is 1.81. The Morgan fingerprint density at radius 2 is 2.18 bits per heavy atom. The normalized spacial score (nSPS) is 13.0. The maximum atomic E-state index is 10.1.